The molecule has 1 atom stereocenters. The average Bonchev–Trinajstić information content (AvgIpc) is 3.27. The highest BCUT2D eigenvalue weighted by Gasteiger charge is 2.26. The third-order valence-electron chi connectivity index (χ3n) is 5.09. The fourth-order valence-corrected chi connectivity index (χ4v) is 3.49. The second kappa shape index (κ2) is 9.55. The third kappa shape index (κ3) is 4.87. The van der Waals surface area contributed by atoms with Crippen molar-refractivity contribution < 1.29 is 23.8 Å². The molecule has 30 heavy (non-hydrogen) atoms. The molecule has 1 fully saturated rings. The van der Waals surface area contributed by atoms with Crippen LogP contribution in [0.3, 0.4) is 0 Å². The molecule has 0 bridgehead atoms. The molecule has 158 valence electrons. The maximum Gasteiger partial charge on any atom is 0.309 e. The molecule has 9 nitrogen and oxygen atoms in total. The highest BCUT2D eigenvalue weighted by Crippen LogP contribution is 2.35. The minimum Gasteiger partial charge on any atom is -0.454 e. The number of pyridine rings is 1. The van der Waals surface area contributed by atoms with Crippen LogP contribution in [0.25, 0.3) is 0 Å². The van der Waals surface area contributed by atoms with Gasteiger partial charge < -0.3 is 24.8 Å². The van der Waals surface area contributed by atoms with Crippen LogP contribution in [-0.2, 0) is 20.9 Å². The predicted octanol–water partition coefficient (Wildman–Crippen LogP) is 0.616. The van der Waals surface area contributed by atoms with Crippen molar-refractivity contribution in [2.24, 2.45) is 0 Å². The number of carbonyl (C=O) groups is 2. The Morgan fingerprint density at radius 3 is 2.63 bits per heavy atom. The van der Waals surface area contributed by atoms with Crippen molar-refractivity contribution in [3.63, 3.8) is 0 Å². The second-order valence-electron chi connectivity index (χ2n) is 6.99. The van der Waals surface area contributed by atoms with Gasteiger partial charge in [-0.1, -0.05) is 12.1 Å². The molecule has 2 aliphatic heterocycles. The van der Waals surface area contributed by atoms with E-state index in [2.05, 4.69) is 20.5 Å². The highest BCUT2D eigenvalue weighted by atomic mass is 16.7. The quantitative estimate of drug-likeness (QED) is 0.671. The molecule has 0 unspecified atom stereocenters. The first-order valence-corrected chi connectivity index (χ1v) is 9.88. The maximum atomic E-state index is 12.3. The van der Waals surface area contributed by atoms with Crippen molar-refractivity contribution >= 4 is 11.8 Å². The summed E-state index contributed by atoms with van der Waals surface area (Å²) >= 11 is 0. The number of hydrogen-bond donors (Lipinski definition) is 2. The zero-order valence-corrected chi connectivity index (χ0v) is 16.5. The van der Waals surface area contributed by atoms with E-state index in [-0.39, 0.29) is 25.9 Å². The van der Waals surface area contributed by atoms with E-state index in [0.29, 0.717) is 30.4 Å². The predicted molar refractivity (Wildman–Crippen MR) is 107 cm³/mol. The normalized spacial score (nSPS) is 16.7. The molecule has 0 radical (unpaired) electrons. The fraction of sp³-hybridized carbons (Fsp3) is 0.381. The van der Waals surface area contributed by atoms with Crippen LogP contribution in [0.15, 0.2) is 42.6 Å². The van der Waals surface area contributed by atoms with Gasteiger partial charge in [0.05, 0.1) is 31.5 Å². The summed E-state index contributed by atoms with van der Waals surface area (Å²) in [6, 6.07) is 11.0. The van der Waals surface area contributed by atoms with Crippen LogP contribution in [0.4, 0.5) is 0 Å². The van der Waals surface area contributed by atoms with E-state index in [0.717, 1.165) is 18.7 Å². The summed E-state index contributed by atoms with van der Waals surface area (Å²) in [6.07, 6.45) is 1.64. The summed E-state index contributed by atoms with van der Waals surface area (Å²) in [4.78, 5) is 30.9. The molecule has 1 saturated heterocycles. The summed E-state index contributed by atoms with van der Waals surface area (Å²) in [5, 5.41) is 5.35. The standard InChI is InChI=1S/C21H24N4O5/c26-20(23-12-16-3-1-2-6-22-16)21(27)24-13-17(25-7-9-28-10-8-25)15-4-5-18-19(11-15)30-14-29-18/h1-6,11,17H,7-10,12-14H2,(H,23,26)(H,24,27)/t17-/m0/s1. The monoisotopic (exact) mass is 412 g/mol. The zero-order chi connectivity index (χ0) is 20.8. The van der Waals surface area contributed by atoms with Crippen molar-refractivity contribution in [3.8, 4) is 11.5 Å². The van der Waals surface area contributed by atoms with E-state index in [9.17, 15) is 9.59 Å². The smallest absolute Gasteiger partial charge is 0.309 e. The van der Waals surface area contributed by atoms with Crippen LogP contribution in [0.2, 0.25) is 0 Å². The van der Waals surface area contributed by atoms with Crippen LogP contribution in [0.5, 0.6) is 11.5 Å². The van der Waals surface area contributed by atoms with Crippen molar-refractivity contribution in [1.82, 2.24) is 20.5 Å². The molecular formula is C21H24N4O5. The summed E-state index contributed by atoms with van der Waals surface area (Å²) in [6.45, 7) is 3.41. The van der Waals surface area contributed by atoms with Gasteiger partial charge >= 0.3 is 11.8 Å². The van der Waals surface area contributed by atoms with Crippen molar-refractivity contribution in [2.45, 2.75) is 12.6 Å². The highest BCUT2D eigenvalue weighted by molar-refractivity contribution is 6.35. The first-order valence-electron chi connectivity index (χ1n) is 9.88. The molecule has 9 heteroatoms. The molecule has 0 spiro atoms. The van der Waals surface area contributed by atoms with Gasteiger partial charge in [0.1, 0.15) is 0 Å². The number of morpholine rings is 1. The summed E-state index contributed by atoms with van der Waals surface area (Å²) in [5.74, 6) is 0.0274. The Morgan fingerprint density at radius 2 is 1.83 bits per heavy atom. The van der Waals surface area contributed by atoms with Crippen molar-refractivity contribution in [2.75, 3.05) is 39.6 Å². The number of nitrogens with zero attached hydrogens (tertiary/aromatic N) is 2. The Balaban J connectivity index is 1.39. The van der Waals surface area contributed by atoms with Gasteiger partial charge in [0, 0.05) is 25.8 Å². The van der Waals surface area contributed by atoms with Gasteiger partial charge in [0.25, 0.3) is 0 Å². The van der Waals surface area contributed by atoms with Gasteiger partial charge in [-0.2, -0.15) is 0 Å². The molecule has 2 N–H and O–H groups in total. The van der Waals surface area contributed by atoms with E-state index < -0.39 is 11.8 Å². The average molecular weight is 412 g/mol. The Labute approximate surface area is 174 Å². The number of amides is 2. The largest absolute Gasteiger partial charge is 0.454 e. The van der Waals surface area contributed by atoms with E-state index in [1.807, 2.05) is 24.3 Å². The van der Waals surface area contributed by atoms with E-state index in [1.165, 1.54) is 0 Å². The second-order valence-corrected chi connectivity index (χ2v) is 6.99. The summed E-state index contributed by atoms with van der Waals surface area (Å²) in [7, 11) is 0. The lowest BCUT2D eigenvalue weighted by Crippen LogP contribution is -2.46. The fourth-order valence-electron chi connectivity index (χ4n) is 3.49. The lowest BCUT2D eigenvalue weighted by Gasteiger charge is -2.34. The summed E-state index contributed by atoms with van der Waals surface area (Å²) in [5.41, 5.74) is 1.67. The lowest BCUT2D eigenvalue weighted by molar-refractivity contribution is -0.139. The van der Waals surface area contributed by atoms with Gasteiger partial charge in [-0.15, -0.1) is 0 Å². The molecule has 2 amide bonds. The van der Waals surface area contributed by atoms with E-state index in [1.54, 1.807) is 18.3 Å². The van der Waals surface area contributed by atoms with Crippen LogP contribution < -0.4 is 20.1 Å². The first kappa shape index (κ1) is 20.1. The van der Waals surface area contributed by atoms with E-state index >= 15 is 0 Å². The molecule has 0 aliphatic carbocycles. The van der Waals surface area contributed by atoms with E-state index in [4.69, 9.17) is 14.2 Å². The number of aromatic nitrogens is 1. The maximum absolute atomic E-state index is 12.3. The Bertz CT molecular complexity index is 886. The first-order chi connectivity index (χ1) is 14.7. The number of rotatable bonds is 6. The minimum atomic E-state index is -0.688. The van der Waals surface area contributed by atoms with Gasteiger partial charge in [-0.3, -0.25) is 19.5 Å². The minimum absolute atomic E-state index is 0.115. The Hall–Kier alpha value is -3.17. The van der Waals surface area contributed by atoms with Crippen LogP contribution in [-0.4, -0.2) is 61.3 Å². The molecule has 2 aromatic rings. The zero-order valence-electron chi connectivity index (χ0n) is 16.5. The number of hydrogen-bond acceptors (Lipinski definition) is 7. The van der Waals surface area contributed by atoms with Gasteiger partial charge in [0.2, 0.25) is 6.79 Å². The molecule has 0 saturated carbocycles. The van der Waals surface area contributed by atoms with Crippen LogP contribution in [0.1, 0.15) is 17.3 Å². The number of benzene rings is 1. The molecule has 2 aliphatic rings. The molecule has 4 rings (SSSR count). The van der Waals surface area contributed by atoms with Crippen molar-refractivity contribution in [3.05, 3.63) is 53.9 Å². The SMILES string of the molecule is O=C(NCc1ccccn1)C(=O)NC[C@@H](c1ccc2c(c1)OCO2)N1CCOCC1. The molecule has 3 heterocycles. The van der Waals surface area contributed by atoms with Gasteiger partial charge in [0.15, 0.2) is 11.5 Å². The number of nitrogens with one attached hydrogen (secondary N) is 2. The van der Waals surface area contributed by atoms with Crippen LogP contribution >= 0.6 is 0 Å². The number of ether oxygens (including phenoxy) is 3. The van der Waals surface area contributed by atoms with Crippen molar-refractivity contribution in [1.29, 1.82) is 0 Å². The van der Waals surface area contributed by atoms with Gasteiger partial charge in [-0.25, -0.2) is 0 Å². The number of fused-ring (bicyclic) bond motifs is 1. The summed E-state index contributed by atoms with van der Waals surface area (Å²) < 4.78 is 16.3. The van der Waals surface area contributed by atoms with Crippen LogP contribution in [0, 0.1) is 0 Å². The van der Waals surface area contributed by atoms with Gasteiger partial charge in [-0.05, 0) is 29.8 Å². The lowest BCUT2D eigenvalue weighted by atomic mass is 10.0. The Kier molecular flexibility index (Phi) is 6.41. The Morgan fingerprint density at radius 1 is 1.03 bits per heavy atom. The topological polar surface area (TPSA) is 102 Å². The molecule has 1 aromatic carbocycles. The molecular weight excluding hydrogens is 388 g/mol. The molecule has 1 aromatic heterocycles. The third-order valence-corrected chi connectivity index (χ3v) is 5.09. The number of carbonyl (C=O) groups excluding carboxylic acids is 2.